The van der Waals surface area contributed by atoms with E-state index in [1.807, 2.05) is 17.9 Å². The molecule has 2 saturated carbocycles. The number of rotatable bonds is 8. The molecular weight excluding hydrogens is 330 g/mol. The zero-order valence-corrected chi connectivity index (χ0v) is 15.6. The molecule has 0 radical (unpaired) electrons. The summed E-state index contributed by atoms with van der Waals surface area (Å²) in [7, 11) is 0. The van der Waals surface area contributed by atoms with Crippen molar-refractivity contribution in [3.05, 3.63) is 35.9 Å². The minimum Gasteiger partial charge on any atom is -0.480 e. The average Bonchev–Trinajstić information content (AvgIpc) is 3.27. The van der Waals surface area contributed by atoms with E-state index in [1.54, 1.807) is 0 Å². The van der Waals surface area contributed by atoms with Crippen LogP contribution in [-0.4, -0.2) is 53.7 Å². The number of benzene rings is 1. The fraction of sp³-hybridized carbons (Fsp3) is 0.600. The van der Waals surface area contributed by atoms with E-state index in [9.17, 15) is 9.59 Å². The predicted molar refractivity (Wildman–Crippen MR) is 100 cm³/mol. The normalized spacial score (nSPS) is 29.7. The molecule has 0 unspecified atom stereocenters. The molecule has 1 aromatic rings. The lowest BCUT2D eigenvalue weighted by molar-refractivity contribution is -0.139. The smallest absolute Gasteiger partial charge is 0.317 e. The second kappa shape index (κ2) is 7.66. The highest BCUT2D eigenvalue weighted by molar-refractivity contribution is 5.74. The van der Waals surface area contributed by atoms with Crippen molar-refractivity contribution in [2.24, 2.45) is 5.41 Å². The largest absolute Gasteiger partial charge is 0.480 e. The van der Waals surface area contributed by atoms with Crippen LogP contribution in [0.25, 0.3) is 0 Å². The number of urea groups is 1. The Kier molecular flexibility index (Phi) is 5.51. The number of likely N-dealkylation sites (N-methyl/N-ethyl adjacent to an activating group) is 1. The Labute approximate surface area is 155 Å². The van der Waals surface area contributed by atoms with Gasteiger partial charge in [0.2, 0.25) is 0 Å². The molecule has 2 fully saturated rings. The number of amides is 2. The van der Waals surface area contributed by atoms with Gasteiger partial charge in [-0.05, 0) is 42.7 Å². The van der Waals surface area contributed by atoms with E-state index in [1.165, 1.54) is 5.56 Å². The van der Waals surface area contributed by atoms with Crippen molar-refractivity contribution in [3.8, 4) is 0 Å². The number of carboxylic acid groups (broad SMARTS) is 1. The molecule has 2 aliphatic carbocycles. The molecule has 0 aromatic heterocycles. The molecular formula is C20H29N3O3. The molecule has 0 aliphatic heterocycles. The molecule has 3 N–H and O–H groups in total. The molecule has 0 spiro atoms. The monoisotopic (exact) mass is 359 g/mol. The van der Waals surface area contributed by atoms with Gasteiger partial charge in [-0.1, -0.05) is 44.2 Å². The number of aliphatic carboxylic acids is 1. The van der Waals surface area contributed by atoms with Crippen LogP contribution in [0.1, 0.15) is 44.6 Å². The van der Waals surface area contributed by atoms with Gasteiger partial charge in [-0.15, -0.1) is 0 Å². The second-order valence-electron chi connectivity index (χ2n) is 7.93. The van der Waals surface area contributed by atoms with Gasteiger partial charge in [-0.25, -0.2) is 4.79 Å². The van der Waals surface area contributed by atoms with Crippen LogP contribution in [0.5, 0.6) is 0 Å². The van der Waals surface area contributed by atoms with Gasteiger partial charge in [0.05, 0.1) is 6.54 Å². The van der Waals surface area contributed by atoms with Gasteiger partial charge < -0.3 is 15.7 Å². The standard InChI is InChI=1S/C20H29N3O3/c1-3-23(12-18(24)25)16-9-15(10-16)22-19(26)21-13-20(2)11-17(20)14-7-5-4-6-8-14/h4-8,15-17H,3,9-13H2,1-2H3,(H,24,25)(H2,21,22,26)/t15?,16?,17-,20-/m0/s1. The number of carbonyl (C=O) groups is 2. The van der Waals surface area contributed by atoms with E-state index >= 15 is 0 Å². The maximum Gasteiger partial charge on any atom is 0.317 e. The minimum absolute atomic E-state index is 0.0688. The first kappa shape index (κ1) is 18.7. The maximum absolute atomic E-state index is 12.2. The maximum atomic E-state index is 12.2. The summed E-state index contributed by atoms with van der Waals surface area (Å²) in [5.41, 5.74) is 1.48. The van der Waals surface area contributed by atoms with Crippen LogP contribution in [0.3, 0.4) is 0 Å². The molecule has 0 saturated heterocycles. The molecule has 2 amide bonds. The first-order chi connectivity index (χ1) is 12.4. The fourth-order valence-corrected chi connectivity index (χ4v) is 4.00. The first-order valence-corrected chi connectivity index (χ1v) is 9.46. The third-order valence-corrected chi connectivity index (χ3v) is 5.92. The van der Waals surface area contributed by atoms with Crippen molar-refractivity contribution in [1.29, 1.82) is 0 Å². The summed E-state index contributed by atoms with van der Waals surface area (Å²) in [6.07, 6.45) is 2.74. The van der Waals surface area contributed by atoms with Gasteiger partial charge in [0, 0.05) is 18.6 Å². The molecule has 142 valence electrons. The number of nitrogens with one attached hydrogen (secondary N) is 2. The van der Waals surface area contributed by atoms with Crippen molar-refractivity contribution >= 4 is 12.0 Å². The van der Waals surface area contributed by atoms with E-state index in [-0.39, 0.29) is 30.1 Å². The second-order valence-corrected chi connectivity index (χ2v) is 7.93. The Morgan fingerprint density at radius 3 is 2.58 bits per heavy atom. The Hall–Kier alpha value is -2.08. The van der Waals surface area contributed by atoms with Crippen LogP contribution in [0, 0.1) is 5.41 Å². The summed E-state index contributed by atoms with van der Waals surface area (Å²) in [6.45, 7) is 5.65. The van der Waals surface area contributed by atoms with Crippen LogP contribution >= 0.6 is 0 Å². The number of carbonyl (C=O) groups excluding carboxylic acids is 1. The minimum atomic E-state index is -0.799. The Bertz CT molecular complexity index is 645. The lowest BCUT2D eigenvalue weighted by Crippen LogP contribution is -2.56. The van der Waals surface area contributed by atoms with E-state index in [0.29, 0.717) is 12.5 Å². The first-order valence-electron chi connectivity index (χ1n) is 9.46. The third kappa shape index (κ3) is 4.36. The van der Waals surface area contributed by atoms with E-state index in [2.05, 4.69) is 41.8 Å². The highest BCUT2D eigenvalue weighted by atomic mass is 16.4. The summed E-state index contributed by atoms with van der Waals surface area (Å²) in [5.74, 6) is -0.280. The van der Waals surface area contributed by atoms with Crippen LogP contribution < -0.4 is 10.6 Å². The molecule has 0 heterocycles. The SMILES string of the molecule is CCN(CC(=O)O)C1CC(NC(=O)NC[C@]2(C)C[C@H]2c2ccccc2)C1. The van der Waals surface area contributed by atoms with E-state index in [4.69, 9.17) is 5.11 Å². The zero-order valence-electron chi connectivity index (χ0n) is 15.6. The van der Waals surface area contributed by atoms with Crippen molar-refractivity contribution in [3.63, 3.8) is 0 Å². The number of hydrogen-bond donors (Lipinski definition) is 3. The van der Waals surface area contributed by atoms with Crippen LogP contribution in [0.2, 0.25) is 0 Å². The molecule has 3 rings (SSSR count). The average molecular weight is 359 g/mol. The molecule has 2 aliphatic rings. The van der Waals surface area contributed by atoms with Gasteiger partial charge in [0.25, 0.3) is 0 Å². The van der Waals surface area contributed by atoms with Gasteiger partial charge in [0.15, 0.2) is 0 Å². The molecule has 1 aromatic carbocycles. The quantitative estimate of drug-likeness (QED) is 0.666. The molecule has 6 heteroatoms. The highest BCUT2D eigenvalue weighted by Gasteiger charge is 2.50. The number of hydrogen-bond acceptors (Lipinski definition) is 3. The lowest BCUT2D eigenvalue weighted by Gasteiger charge is -2.42. The highest BCUT2D eigenvalue weighted by Crippen LogP contribution is 2.58. The van der Waals surface area contributed by atoms with Gasteiger partial charge in [0.1, 0.15) is 0 Å². The van der Waals surface area contributed by atoms with Crippen LogP contribution in [-0.2, 0) is 4.79 Å². The predicted octanol–water partition coefficient (Wildman–Crippen LogP) is 2.42. The summed E-state index contributed by atoms with van der Waals surface area (Å²) >= 11 is 0. The molecule has 6 nitrogen and oxygen atoms in total. The summed E-state index contributed by atoms with van der Waals surface area (Å²) in [4.78, 5) is 25.0. The van der Waals surface area contributed by atoms with Gasteiger partial charge in [-0.3, -0.25) is 9.69 Å². The van der Waals surface area contributed by atoms with E-state index in [0.717, 1.165) is 25.8 Å². The molecule has 0 bridgehead atoms. The van der Waals surface area contributed by atoms with Gasteiger partial charge >= 0.3 is 12.0 Å². The summed E-state index contributed by atoms with van der Waals surface area (Å²) in [5, 5.41) is 15.0. The lowest BCUT2D eigenvalue weighted by atomic mass is 9.85. The van der Waals surface area contributed by atoms with Crippen molar-refractivity contribution < 1.29 is 14.7 Å². The zero-order chi connectivity index (χ0) is 18.7. The fourth-order valence-electron chi connectivity index (χ4n) is 4.00. The van der Waals surface area contributed by atoms with Crippen LogP contribution in [0.15, 0.2) is 30.3 Å². The Balaban J connectivity index is 1.37. The Morgan fingerprint density at radius 1 is 1.27 bits per heavy atom. The number of carboxylic acids is 1. The third-order valence-electron chi connectivity index (χ3n) is 5.92. The van der Waals surface area contributed by atoms with Crippen LogP contribution in [0.4, 0.5) is 4.79 Å². The van der Waals surface area contributed by atoms with Gasteiger partial charge in [-0.2, -0.15) is 0 Å². The molecule has 2 atom stereocenters. The topological polar surface area (TPSA) is 81.7 Å². The summed E-state index contributed by atoms with van der Waals surface area (Å²) < 4.78 is 0. The van der Waals surface area contributed by atoms with Crippen molar-refractivity contribution in [2.45, 2.75) is 51.1 Å². The van der Waals surface area contributed by atoms with E-state index < -0.39 is 5.97 Å². The van der Waals surface area contributed by atoms with Crippen molar-refractivity contribution in [1.82, 2.24) is 15.5 Å². The summed E-state index contributed by atoms with van der Waals surface area (Å²) in [6, 6.07) is 10.7. The number of nitrogens with zero attached hydrogens (tertiary/aromatic N) is 1. The van der Waals surface area contributed by atoms with Crippen molar-refractivity contribution in [2.75, 3.05) is 19.6 Å². The molecule has 26 heavy (non-hydrogen) atoms. The Morgan fingerprint density at radius 2 is 1.96 bits per heavy atom.